The Hall–Kier alpha value is -2.89. The van der Waals surface area contributed by atoms with Crippen LogP contribution >= 0.6 is 0 Å². The van der Waals surface area contributed by atoms with Crippen LogP contribution in [0, 0.1) is 13.8 Å². The molecule has 146 valence electrons. The van der Waals surface area contributed by atoms with Crippen molar-refractivity contribution in [2.75, 3.05) is 5.32 Å². The fourth-order valence-electron chi connectivity index (χ4n) is 4.11. The Labute approximate surface area is 165 Å². The number of nitrogens with zero attached hydrogens (tertiary/aromatic N) is 4. The zero-order chi connectivity index (χ0) is 20.1. The first-order valence-corrected chi connectivity index (χ1v) is 9.72. The summed E-state index contributed by atoms with van der Waals surface area (Å²) in [6, 6.07) is 10.3. The van der Waals surface area contributed by atoms with Gasteiger partial charge in [0.1, 0.15) is 5.82 Å². The van der Waals surface area contributed by atoms with E-state index in [1.807, 2.05) is 40.7 Å². The number of aromatic nitrogens is 4. The molecule has 0 bridgehead atoms. The van der Waals surface area contributed by atoms with Gasteiger partial charge in [-0.25, -0.2) is 4.68 Å². The highest BCUT2D eigenvalue weighted by molar-refractivity contribution is 5.94. The molecule has 0 saturated heterocycles. The highest BCUT2D eigenvalue weighted by Gasteiger charge is 2.35. The number of fused-ring (bicyclic) bond motifs is 1. The molecule has 0 radical (unpaired) electrons. The van der Waals surface area contributed by atoms with Crippen molar-refractivity contribution in [1.29, 1.82) is 0 Å². The van der Waals surface area contributed by atoms with Crippen molar-refractivity contribution in [3.05, 3.63) is 64.6 Å². The van der Waals surface area contributed by atoms with Crippen LogP contribution in [0.25, 0.3) is 0 Å². The van der Waals surface area contributed by atoms with E-state index in [1.165, 1.54) is 5.56 Å². The Morgan fingerprint density at radius 3 is 2.57 bits per heavy atom. The van der Waals surface area contributed by atoms with Crippen LogP contribution in [0.5, 0.6) is 0 Å². The average Bonchev–Trinajstić information content (AvgIpc) is 3.16. The Balaban J connectivity index is 1.77. The van der Waals surface area contributed by atoms with Gasteiger partial charge in [0.05, 0.1) is 24.0 Å². The summed E-state index contributed by atoms with van der Waals surface area (Å²) in [5.74, 6) is 0.811. The summed E-state index contributed by atoms with van der Waals surface area (Å²) in [5, 5.41) is 12.4. The zero-order valence-corrected chi connectivity index (χ0v) is 17.2. The average molecular weight is 377 g/mol. The van der Waals surface area contributed by atoms with E-state index in [4.69, 9.17) is 5.10 Å². The molecule has 1 aliphatic heterocycles. The maximum atomic E-state index is 12.5. The van der Waals surface area contributed by atoms with E-state index in [9.17, 15) is 4.79 Å². The van der Waals surface area contributed by atoms with E-state index in [0.717, 1.165) is 34.9 Å². The molecular formula is C22H27N5O. The molecule has 2 aromatic heterocycles. The standard InChI is InChI=1S/C22H27N5O/c1-14-20(15(2)26(25-14)13-16-9-7-6-8-10-16)17-11-19(28)24-21-18(17)12-23-27(21)22(3,4)5/h6-10,12,17H,11,13H2,1-5H3,(H,24,28). The number of carbonyl (C=O) groups excluding carboxylic acids is 1. The van der Waals surface area contributed by atoms with Crippen LogP contribution in [0.3, 0.4) is 0 Å². The molecule has 4 rings (SSSR count). The van der Waals surface area contributed by atoms with Gasteiger partial charge in [-0.15, -0.1) is 0 Å². The predicted octanol–water partition coefficient (Wildman–Crippen LogP) is 3.97. The van der Waals surface area contributed by atoms with Crippen molar-refractivity contribution in [3.8, 4) is 0 Å². The van der Waals surface area contributed by atoms with Gasteiger partial charge in [0.25, 0.3) is 0 Å². The smallest absolute Gasteiger partial charge is 0.226 e. The fourth-order valence-corrected chi connectivity index (χ4v) is 4.11. The molecule has 1 amide bonds. The van der Waals surface area contributed by atoms with Crippen LogP contribution in [0.1, 0.15) is 61.2 Å². The van der Waals surface area contributed by atoms with Gasteiger partial charge in [0.15, 0.2) is 0 Å². The summed E-state index contributed by atoms with van der Waals surface area (Å²) in [6.07, 6.45) is 2.32. The topological polar surface area (TPSA) is 64.7 Å². The van der Waals surface area contributed by atoms with Crippen LogP contribution in [0.15, 0.2) is 36.5 Å². The van der Waals surface area contributed by atoms with Crippen LogP contribution < -0.4 is 5.32 Å². The molecule has 1 N–H and O–H groups in total. The van der Waals surface area contributed by atoms with E-state index in [0.29, 0.717) is 6.42 Å². The Kier molecular flexibility index (Phi) is 4.37. The Morgan fingerprint density at radius 1 is 1.18 bits per heavy atom. The quantitative estimate of drug-likeness (QED) is 0.751. The summed E-state index contributed by atoms with van der Waals surface area (Å²) >= 11 is 0. The first-order chi connectivity index (χ1) is 13.3. The Morgan fingerprint density at radius 2 is 1.89 bits per heavy atom. The Bertz CT molecular complexity index is 1020. The van der Waals surface area contributed by atoms with E-state index in [2.05, 4.69) is 50.2 Å². The van der Waals surface area contributed by atoms with Crippen molar-refractivity contribution in [2.45, 2.75) is 59.0 Å². The van der Waals surface area contributed by atoms with Crippen molar-refractivity contribution in [1.82, 2.24) is 19.6 Å². The lowest BCUT2D eigenvalue weighted by Gasteiger charge is -2.28. The van der Waals surface area contributed by atoms with E-state index >= 15 is 0 Å². The van der Waals surface area contributed by atoms with Crippen LogP contribution in [0.2, 0.25) is 0 Å². The van der Waals surface area contributed by atoms with Crippen LogP contribution in [-0.4, -0.2) is 25.5 Å². The van der Waals surface area contributed by atoms with Gasteiger partial charge < -0.3 is 5.32 Å². The van der Waals surface area contributed by atoms with Gasteiger partial charge >= 0.3 is 0 Å². The number of amides is 1. The zero-order valence-electron chi connectivity index (χ0n) is 17.2. The molecule has 6 nitrogen and oxygen atoms in total. The minimum Gasteiger partial charge on any atom is -0.311 e. The third kappa shape index (κ3) is 3.13. The third-order valence-corrected chi connectivity index (χ3v) is 5.42. The number of hydrogen-bond acceptors (Lipinski definition) is 3. The van der Waals surface area contributed by atoms with Crippen LogP contribution in [0.4, 0.5) is 5.82 Å². The normalized spacial score (nSPS) is 16.8. The van der Waals surface area contributed by atoms with Crippen molar-refractivity contribution < 1.29 is 4.79 Å². The number of nitrogens with one attached hydrogen (secondary N) is 1. The van der Waals surface area contributed by atoms with E-state index in [1.54, 1.807) is 0 Å². The minimum atomic E-state index is -0.204. The van der Waals surface area contributed by atoms with Gasteiger partial charge in [-0.3, -0.25) is 9.48 Å². The molecule has 28 heavy (non-hydrogen) atoms. The highest BCUT2D eigenvalue weighted by Crippen LogP contribution is 2.41. The molecule has 0 aliphatic carbocycles. The third-order valence-electron chi connectivity index (χ3n) is 5.42. The molecule has 3 heterocycles. The molecule has 1 atom stereocenters. The first-order valence-electron chi connectivity index (χ1n) is 9.72. The van der Waals surface area contributed by atoms with Crippen molar-refractivity contribution in [3.63, 3.8) is 0 Å². The summed E-state index contributed by atoms with van der Waals surface area (Å²) in [6.45, 7) is 11.1. The van der Waals surface area contributed by atoms with Gasteiger partial charge in [0, 0.05) is 29.2 Å². The second kappa shape index (κ2) is 6.62. The van der Waals surface area contributed by atoms with Gasteiger partial charge in [-0.1, -0.05) is 30.3 Å². The van der Waals surface area contributed by atoms with Crippen molar-refractivity contribution in [2.24, 2.45) is 0 Å². The summed E-state index contributed by atoms with van der Waals surface area (Å²) in [7, 11) is 0. The molecule has 1 aromatic carbocycles. The molecule has 0 saturated carbocycles. The predicted molar refractivity (Wildman–Crippen MR) is 110 cm³/mol. The van der Waals surface area contributed by atoms with Crippen LogP contribution in [-0.2, 0) is 16.9 Å². The molecule has 3 aromatic rings. The van der Waals surface area contributed by atoms with E-state index < -0.39 is 0 Å². The second-order valence-electron chi connectivity index (χ2n) is 8.56. The molecule has 1 unspecified atom stereocenters. The largest absolute Gasteiger partial charge is 0.311 e. The monoisotopic (exact) mass is 377 g/mol. The summed E-state index contributed by atoms with van der Waals surface area (Å²) < 4.78 is 3.95. The molecule has 0 fully saturated rings. The number of aryl methyl sites for hydroxylation is 1. The molecule has 6 heteroatoms. The summed E-state index contributed by atoms with van der Waals surface area (Å²) in [5.41, 5.74) is 5.30. The highest BCUT2D eigenvalue weighted by atomic mass is 16.1. The lowest BCUT2D eigenvalue weighted by atomic mass is 9.86. The van der Waals surface area contributed by atoms with Gasteiger partial charge in [-0.05, 0) is 40.2 Å². The second-order valence-corrected chi connectivity index (χ2v) is 8.56. The van der Waals surface area contributed by atoms with Gasteiger partial charge in [0.2, 0.25) is 5.91 Å². The lowest BCUT2D eigenvalue weighted by Crippen LogP contribution is -2.30. The molecule has 0 spiro atoms. The minimum absolute atomic E-state index is 0.0237. The number of anilines is 1. The summed E-state index contributed by atoms with van der Waals surface area (Å²) in [4.78, 5) is 12.5. The maximum absolute atomic E-state index is 12.5. The lowest BCUT2D eigenvalue weighted by molar-refractivity contribution is -0.116. The SMILES string of the molecule is Cc1nn(Cc2ccccc2)c(C)c1C1CC(=O)Nc2c1cnn2C(C)(C)C. The van der Waals surface area contributed by atoms with Gasteiger partial charge in [-0.2, -0.15) is 10.2 Å². The number of benzene rings is 1. The fraction of sp³-hybridized carbons (Fsp3) is 0.409. The number of hydrogen-bond donors (Lipinski definition) is 1. The molecule has 1 aliphatic rings. The number of carbonyl (C=O) groups is 1. The molecular weight excluding hydrogens is 350 g/mol. The maximum Gasteiger partial charge on any atom is 0.226 e. The first kappa shape index (κ1) is 18.5. The van der Waals surface area contributed by atoms with Crippen molar-refractivity contribution >= 4 is 11.7 Å². The van der Waals surface area contributed by atoms with E-state index in [-0.39, 0.29) is 17.4 Å². The number of rotatable bonds is 3.